The van der Waals surface area contributed by atoms with Crippen molar-refractivity contribution in [2.45, 2.75) is 77.0 Å². The van der Waals surface area contributed by atoms with Gasteiger partial charge in [0, 0.05) is 31.2 Å². The van der Waals surface area contributed by atoms with Gasteiger partial charge in [0.1, 0.15) is 5.58 Å². The van der Waals surface area contributed by atoms with Gasteiger partial charge in [0.15, 0.2) is 0 Å². The van der Waals surface area contributed by atoms with Gasteiger partial charge in [0.05, 0.1) is 22.4 Å². The van der Waals surface area contributed by atoms with Gasteiger partial charge in [-0.05, 0) is 41.2 Å². The van der Waals surface area contributed by atoms with E-state index in [9.17, 15) is 0 Å². The topological polar surface area (TPSA) is 43.9 Å². The first-order valence-corrected chi connectivity index (χ1v) is 26.4. The van der Waals surface area contributed by atoms with Crippen LogP contribution in [-0.4, -0.2) is 27.8 Å². The Hall–Kier alpha value is -4.29. The minimum absolute atomic E-state index is 0. The average Bonchev–Trinajstić information content (AvgIpc) is 3.76. The molecular formula is C49H51GeIrN3O-2. The fraction of sp³-hybridized carbons (Fsp3) is 0.265. The third kappa shape index (κ3) is 8.31. The zero-order chi connectivity index (χ0) is 39.9. The Morgan fingerprint density at radius 3 is 2.13 bits per heavy atom. The molecule has 0 bridgehead atoms. The van der Waals surface area contributed by atoms with Crippen LogP contribution in [0.3, 0.4) is 0 Å². The van der Waals surface area contributed by atoms with Crippen LogP contribution in [0.2, 0.25) is 17.3 Å². The van der Waals surface area contributed by atoms with Gasteiger partial charge in [-0.15, -0.1) is 18.2 Å². The first-order valence-electron chi connectivity index (χ1n) is 20.1. The molecule has 0 saturated heterocycles. The summed E-state index contributed by atoms with van der Waals surface area (Å²) in [4.78, 5) is 9.79. The molecule has 5 aromatic carbocycles. The van der Waals surface area contributed by atoms with E-state index in [1.165, 1.54) is 21.2 Å². The first-order chi connectivity index (χ1) is 26.7. The van der Waals surface area contributed by atoms with Gasteiger partial charge >= 0.3 is 128 Å². The molecule has 0 unspecified atom stereocenters. The molecule has 0 aliphatic heterocycles. The van der Waals surface area contributed by atoms with Crippen molar-refractivity contribution in [3.8, 4) is 28.3 Å². The summed E-state index contributed by atoms with van der Waals surface area (Å²) < 4.78 is 27.1. The van der Waals surface area contributed by atoms with E-state index in [0.717, 1.165) is 55.6 Å². The summed E-state index contributed by atoms with van der Waals surface area (Å²) in [7, 11) is 0. The fourth-order valence-electron chi connectivity index (χ4n) is 7.10. The molecule has 0 atom stereocenters. The second kappa shape index (κ2) is 16.8. The minimum Gasteiger partial charge on any atom is 0 e. The number of benzene rings is 5. The summed E-state index contributed by atoms with van der Waals surface area (Å²) >= 11 is -2.06. The maximum absolute atomic E-state index is 8.55. The van der Waals surface area contributed by atoms with Crippen LogP contribution in [0.15, 0.2) is 120 Å². The molecule has 55 heavy (non-hydrogen) atoms. The van der Waals surface area contributed by atoms with Crippen LogP contribution >= 0.6 is 0 Å². The molecule has 3 heterocycles. The second-order valence-corrected chi connectivity index (χ2v) is 26.6. The van der Waals surface area contributed by atoms with Crippen molar-refractivity contribution >= 4 is 50.6 Å². The molecule has 0 spiro atoms. The maximum atomic E-state index is 8.55. The summed E-state index contributed by atoms with van der Waals surface area (Å²) in [6.45, 7) is 12.9. The number of pyridine rings is 1. The van der Waals surface area contributed by atoms with Gasteiger partial charge in [-0.2, -0.15) is 0 Å². The average molecular weight is 965 g/mol. The molecule has 0 fully saturated rings. The smallest absolute Gasteiger partial charge is 0 e. The Labute approximate surface area is 345 Å². The summed E-state index contributed by atoms with van der Waals surface area (Å²) in [5, 5.41) is 2.20. The molecule has 0 amide bonds. The Bertz CT molecular complexity index is 2630. The van der Waals surface area contributed by atoms with E-state index in [1.54, 1.807) is 0 Å². The first kappa shape index (κ1) is 37.6. The van der Waals surface area contributed by atoms with Crippen molar-refractivity contribution in [3.05, 3.63) is 144 Å². The van der Waals surface area contributed by atoms with Crippen LogP contribution in [-0.2, 0) is 26.5 Å². The quantitative estimate of drug-likeness (QED) is 0.113. The molecule has 1 radical (unpaired) electrons. The Morgan fingerprint density at radius 1 is 0.764 bits per heavy atom. The number of hydrogen-bond donors (Lipinski definition) is 0. The largest absolute Gasteiger partial charge is 0 e. The van der Waals surface area contributed by atoms with E-state index < -0.39 is 19.6 Å². The standard InChI is InChI=1S/C31H27N2O.C18H24GeN.Ir/c1-19(2)21-12-9-13-22(20(3)4)29(21)33-27-17-7-6-16-26(27)32-31(33)25-15-10-14-24-23-11-5-8-18-28(23)34-30(24)25;1-14(2)11-16-12-17(19(3,4)5)13-20-18(16)15-9-7-6-8-10-15;/h5-14,16-20H,1-4H3;6-9,12-14H,11H2,1-5H3;/q2*-1;/i;11D2;. The van der Waals surface area contributed by atoms with Gasteiger partial charge in [0.2, 0.25) is 0 Å². The number of imidazole rings is 1. The minimum atomic E-state index is -2.06. The molecule has 3 aromatic heterocycles. The van der Waals surface area contributed by atoms with Crippen molar-refractivity contribution < 1.29 is 27.3 Å². The molecule has 8 aromatic rings. The summed E-state index contributed by atoms with van der Waals surface area (Å²) in [6.07, 6.45) is 0.533. The van der Waals surface area contributed by atoms with Gasteiger partial charge in [0.25, 0.3) is 0 Å². The molecule has 6 heteroatoms. The maximum Gasteiger partial charge on any atom is 0 e. The number of aromatic nitrogens is 3. The van der Waals surface area contributed by atoms with Crippen molar-refractivity contribution in [1.29, 1.82) is 0 Å². The van der Waals surface area contributed by atoms with E-state index in [2.05, 4.69) is 127 Å². The molecule has 283 valence electrons. The third-order valence-corrected chi connectivity index (χ3v) is 14.1. The van der Waals surface area contributed by atoms with Gasteiger partial charge in [-0.1, -0.05) is 87.2 Å². The number of hydrogen-bond acceptors (Lipinski definition) is 3. The molecule has 0 N–H and O–H groups in total. The van der Waals surface area contributed by atoms with E-state index in [-0.39, 0.29) is 26.0 Å². The van der Waals surface area contributed by atoms with Crippen LogP contribution in [0, 0.1) is 18.1 Å². The number of fused-ring (bicyclic) bond motifs is 4. The predicted molar refractivity (Wildman–Crippen MR) is 231 cm³/mol. The van der Waals surface area contributed by atoms with Crippen LogP contribution < -0.4 is 4.40 Å². The second-order valence-electron chi connectivity index (χ2n) is 16.0. The molecule has 8 rings (SSSR count). The number of furan rings is 1. The predicted octanol–water partition coefficient (Wildman–Crippen LogP) is 12.9. The van der Waals surface area contributed by atoms with Crippen LogP contribution in [0.25, 0.3) is 61.3 Å². The number of rotatable bonds is 8. The van der Waals surface area contributed by atoms with Gasteiger partial charge < -0.3 is 8.98 Å². The van der Waals surface area contributed by atoms with Crippen molar-refractivity contribution in [3.63, 3.8) is 0 Å². The van der Waals surface area contributed by atoms with Gasteiger partial charge in [-0.25, -0.2) is 0 Å². The SMILES string of the molecule is CC(C)c1cccc(C(C)C)c1-n1c(-c2[c-]ccc3c2oc2ccccc23)nc2ccccc21.[2H]C([2H])(c1c[c]([Ge]([CH3])([CH3])[CH3])cnc1-c1[c-]cccc1)C(C)C.[Ir]. The van der Waals surface area contributed by atoms with E-state index in [0.29, 0.717) is 17.4 Å². The Morgan fingerprint density at radius 2 is 1.45 bits per heavy atom. The number of nitrogens with zero attached hydrogens (tertiary/aromatic N) is 3. The van der Waals surface area contributed by atoms with E-state index >= 15 is 0 Å². The fourth-order valence-corrected chi connectivity index (χ4v) is 9.26. The summed E-state index contributed by atoms with van der Waals surface area (Å²) in [5.74, 6) is 8.41. The van der Waals surface area contributed by atoms with Crippen LogP contribution in [0.4, 0.5) is 0 Å². The van der Waals surface area contributed by atoms with E-state index in [1.807, 2.05) is 68.6 Å². The number of para-hydroxylation sites is 4. The van der Waals surface area contributed by atoms with Crippen molar-refractivity contribution in [2.24, 2.45) is 5.92 Å². The summed E-state index contributed by atoms with van der Waals surface area (Å²) in [6, 6.07) is 43.7. The zero-order valence-corrected chi connectivity index (χ0v) is 37.8. The molecule has 0 saturated carbocycles. The van der Waals surface area contributed by atoms with Gasteiger partial charge in [-0.3, -0.25) is 4.98 Å². The molecular weight excluding hydrogens is 911 g/mol. The zero-order valence-electron chi connectivity index (χ0n) is 35.3. The van der Waals surface area contributed by atoms with Crippen molar-refractivity contribution in [1.82, 2.24) is 14.5 Å². The molecule has 4 nitrogen and oxygen atoms in total. The third-order valence-electron chi connectivity index (χ3n) is 9.85. The Balaban J connectivity index is 0.000000208. The molecule has 0 aliphatic rings. The van der Waals surface area contributed by atoms with Crippen LogP contribution in [0.5, 0.6) is 0 Å². The normalized spacial score (nSPS) is 12.6. The molecule has 0 aliphatic carbocycles. The summed E-state index contributed by atoms with van der Waals surface area (Å²) in [5.41, 5.74) is 10.8. The Kier molecular flexibility index (Phi) is 11.5. The van der Waals surface area contributed by atoms with E-state index in [4.69, 9.17) is 12.1 Å². The van der Waals surface area contributed by atoms with Crippen molar-refractivity contribution in [2.75, 3.05) is 0 Å². The monoisotopic (exact) mass is 966 g/mol. The van der Waals surface area contributed by atoms with Crippen LogP contribution in [0.1, 0.15) is 72.8 Å².